The molecule has 2 aliphatic heterocycles. The number of likely N-dealkylation sites (tertiary alicyclic amines) is 1. The van der Waals surface area contributed by atoms with Crippen LogP contribution in [0.2, 0.25) is 0 Å². The summed E-state index contributed by atoms with van der Waals surface area (Å²) in [5.41, 5.74) is 8.18. The predicted octanol–water partition coefficient (Wildman–Crippen LogP) is 1.40. The number of carbonyl (C=O) groups is 3. The van der Waals surface area contributed by atoms with Gasteiger partial charge in [-0.1, -0.05) is 0 Å². The molecule has 3 N–H and O–H groups in total. The van der Waals surface area contributed by atoms with Crippen molar-refractivity contribution in [1.29, 1.82) is 0 Å². The molecule has 198 valence electrons. The van der Waals surface area contributed by atoms with Crippen LogP contribution >= 0.6 is 0 Å². The molecule has 0 bridgehead atoms. The first kappa shape index (κ1) is 26.3. The van der Waals surface area contributed by atoms with Crippen LogP contribution in [0, 0.1) is 12.8 Å². The zero-order chi connectivity index (χ0) is 26.5. The van der Waals surface area contributed by atoms with Gasteiger partial charge in [0.1, 0.15) is 5.75 Å². The summed E-state index contributed by atoms with van der Waals surface area (Å²) >= 11 is 0. The van der Waals surface area contributed by atoms with E-state index in [1.54, 1.807) is 31.4 Å². The molecule has 1 aromatic carbocycles. The number of rotatable bonds is 8. The number of carbonyl (C=O) groups excluding carboxylic acids is 3. The van der Waals surface area contributed by atoms with Gasteiger partial charge in [0.15, 0.2) is 5.82 Å². The third-order valence-electron chi connectivity index (χ3n) is 6.82. The molecule has 0 spiro atoms. The molecule has 1 unspecified atom stereocenters. The van der Waals surface area contributed by atoms with Gasteiger partial charge in [0.25, 0.3) is 0 Å². The summed E-state index contributed by atoms with van der Waals surface area (Å²) in [6.07, 6.45) is 5.28. The summed E-state index contributed by atoms with van der Waals surface area (Å²) in [5.74, 6) is 1.38. The highest BCUT2D eigenvalue weighted by atomic mass is 16.5. The summed E-state index contributed by atoms with van der Waals surface area (Å²) in [6.45, 7) is 4.68. The Balaban J connectivity index is 1.48. The second-order valence-corrected chi connectivity index (χ2v) is 9.96. The van der Waals surface area contributed by atoms with Crippen molar-refractivity contribution in [3.05, 3.63) is 36.2 Å². The molecule has 0 saturated carbocycles. The number of amides is 4. The minimum absolute atomic E-state index is 0.0178. The molecule has 11 heteroatoms. The quantitative estimate of drug-likeness (QED) is 0.549. The van der Waals surface area contributed by atoms with Gasteiger partial charge in [-0.3, -0.25) is 24.4 Å². The van der Waals surface area contributed by atoms with Crippen LogP contribution in [0.15, 0.2) is 30.6 Å². The number of benzene rings is 1. The maximum atomic E-state index is 12.5. The van der Waals surface area contributed by atoms with E-state index in [1.165, 1.54) is 4.90 Å². The standard InChI is InChI=1S/C26H35N7O4/c1-17-9-19(6-7-22(17)37-16-18-10-24(34)29-11-18)21-12-28-13-23(30-21)33(26(27)36)20-5-4-8-32(14-20)15-25(35)31(2)3/h6-7,9,12-13,18,20H,4-5,8,10-11,14-16H2,1-3H3,(H2,27,36)(H,29,34)/t18?,20-/m0/s1. The number of nitrogens with zero attached hydrogens (tertiary/aromatic N) is 5. The van der Waals surface area contributed by atoms with Gasteiger partial charge in [0, 0.05) is 45.1 Å². The number of aromatic nitrogens is 2. The molecular weight excluding hydrogens is 474 g/mol. The Morgan fingerprint density at radius 1 is 1.27 bits per heavy atom. The van der Waals surface area contributed by atoms with Crippen LogP contribution in [0.4, 0.5) is 10.6 Å². The van der Waals surface area contributed by atoms with Crippen LogP contribution in [0.1, 0.15) is 24.8 Å². The maximum Gasteiger partial charge on any atom is 0.320 e. The van der Waals surface area contributed by atoms with E-state index in [9.17, 15) is 14.4 Å². The van der Waals surface area contributed by atoms with Crippen LogP contribution in [-0.2, 0) is 9.59 Å². The van der Waals surface area contributed by atoms with E-state index in [0.29, 0.717) is 44.2 Å². The van der Waals surface area contributed by atoms with E-state index in [0.717, 1.165) is 36.3 Å². The van der Waals surface area contributed by atoms with Crippen molar-refractivity contribution in [3.63, 3.8) is 0 Å². The van der Waals surface area contributed by atoms with Crippen molar-refractivity contribution in [1.82, 2.24) is 25.1 Å². The topological polar surface area (TPSA) is 134 Å². The third kappa shape index (κ3) is 6.53. The number of aryl methyl sites for hydroxylation is 1. The molecule has 0 radical (unpaired) electrons. The minimum Gasteiger partial charge on any atom is -0.493 e. The third-order valence-corrected chi connectivity index (χ3v) is 6.82. The normalized spacial score (nSPS) is 19.8. The summed E-state index contributed by atoms with van der Waals surface area (Å²) < 4.78 is 5.96. The number of urea groups is 1. The van der Waals surface area contributed by atoms with Crippen molar-refractivity contribution < 1.29 is 19.1 Å². The largest absolute Gasteiger partial charge is 0.493 e. The number of anilines is 1. The van der Waals surface area contributed by atoms with Crippen molar-refractivity contribution in [2.75, 3.05) is 51.8 Å². The molecule has 2 atom stereocenters. The zero-order valence-electron chi connectivity index (χ0n) is 21.6. The Hall–Kier alpha value is -3.73. The Kier molecular flexibility index (Phi) is 8.22. The van der Waals surface area contributed by atoms with Gasteiger partial charge in [-0.25, -0.2) is 9.78 Å². The fourth-order valence-electron chi connectivity index (χ4n) is 4.77. The number of nitrogens with one attached hydrogen (secondary N) is 1. The number of piperidine rings is 1. The molecule has 1 aromatic heterocycles. The average Bonchev–Trinajstić information content (AvgIpc) is 3.28. The first-order valence-corrected chi connectivity index (χ1v) is 12.5. The molecule has 11 nitrogen and oxygen atoms in total. The van der Waals surface area contributed by atoms with Crippen molar-refractivity contribution in [2.45, 2.75) is 32.2 Å². The van der Waals surface area contributed by atoms with E-state index in [1.807, 2.05) is 30.0 Å². The zero-order valence-corrected chi connectivity index (χ0v) is 21.6. The smallest absolute Gasteiger partial charge is 0.320 e. The molecule has 0 aliphatic carbocycles. The van der Waals surface area contributed by atoms with E-state index in [4.69, 9.17) is 15.5 Å². The van der Waals surface area contributed by atoms with Crippen LogP contribution in [0.25, 0.3) is 11.3 Å². The minimum atomic E-state index is -0.600. The number of hydrogen-bond donors (Lipinski definition) is 2. The Morgan fingerprint density at radius 3 is 2.76 bits per heavy atom. The first-order valence-electron chi connectivity index (χ1n) is 12.5. The first-order chi connectivity index (χ1) is 17.7. The monoisotopic (exact) mass is 509 g/mol. The van der Waals surface area contributed by atoms with E-state index >= 15 is 0 Å². The Morgan fingerprint density at radius 2 is 2.08 bits per heavy atom. The lowest BCUT2D eigenvalue weighted by Gasteiger charge is -2.38. The second-order valence-electron chi connectivity index (χ2n) is 9.96. The van der Waals surface area contributed by atoms with Crippen molar-refractivity contribution >= 4 is 23.7 Å². The number of ether oxygens (including phenoxy) is 1. The lowest BCUT2D eigenvalue weighted by Crippen LogP contribution is -2.53. The van der Waals surface area contributed by atoms with Gasteiger partial charge in [0.05, 0.1) is 37.3 Å². The average molecular weight is 510 g/mol. The van der Waals surface area contributed by atoms with Gasteiger partial charge in [-0.15, -0.1) is 0 Å². The highest BCUT2D eigenvalue weighted by molar-refractivity contribution is 5.90. The number of nitrogens with two attached hydrogens (primary N) is 1. The molecule has 2 aromatic rings. The molecule has 4 rings (SSSR count). The molecule has 4 amide bonds. The number of primary amides is 1. The molecule has 2 aliphatic rings. The second kappa shape index (κ2) is 11.5. The Bertz CT molecular complexity index is 1160. The SMILES string of the molecule is Cc1cc(-c2cncc(N(C(N)=O)[C@H]3CCCN(CC(=O)N(C)C)C3)n2)ccc1OCC1CNC(=O)C1. The van der Waals surface area contributed by atoms with Gasteiger partial charge in [0.2, 0.25) is 11.8 Å². The van der Waals surface area contributed by atoms with E-state index in [-0.39, 0.29) is 23.8 Å². The van der Waals surface area contributed by atoms with Gasteiger partial charge in [-0.05, 0) is 50.1 Å². The molecule has 2 fully saturated rings. The van der Waals surface area contributed by atoms with Crippen molar-refractivity contribution in [2.24, 2.45) is 11.7 Å². The molecule has 37 heavy (non-hydrogen) atoms. The maximum absolute atomic E-state index is 12.5. The van der Waals surface area contributed by atoms with Crippen molar-refractivity contribution in [3.8, 4) is 17.0 Å². The fourth-order valence-corrected chi connectivity index (χ4v) is 4.77. The number of hydrogen-bond acceptors (Lipinski definition) is 7. The summed E-state index contributed by atoms with van der Waals surface area (Å²) in [5, 5.41) is 2.82. The van der Waals surface area contributed by atoms with Gasteiger partial charge >= 0.3 is 6.03 Å². The highest BCUT2D eigenvalue weighted by Crippen LogP contribution is 2.28. The highest BCUT2D eigenvalue weighted by Gasteiger charge is 2.31. The fraction of sp³-hybridized carbons (Fsp3) is 0.500. The molecule has 2 saturated heterocycles. The summed E-state index contributed by atoms with van der Waals surface area (Å²) in [7, 11) is 3.46. The van der Waals surface area contributed by atoms with Gasteiger partial charge < -0.3 is 20.7 Å². The van der Waals surface area contributed by atoms with Crippen LogP contribution in [0.5, 0.6) is 5.75 Å². The van der Waals surface area contributed by atoms with Crippen LogP contribution in [-0.4, -0.2) is 90.5 Å². The van der Waals surface area contributed by atoms with Gasteiger partial charge in [-0.2, -0.15) is 0 Å². The van der Waals surface area contributed by atoms with Crippen LogP contribution < -0.4 is 20.7 Å². The van der Waals surface area contributed by atoms with E-state index < -0.39 is 6.03 Å². The lowest BCUT2D eigenvalue weighted by molar-refractivity contribution is -0.130. The molecular formula is C26H35N7O4. The Labute approximate surface area is 217 Å². The molecule has 3 heterocycles. The summed E-state index contributed by atoms with van der Waals surface area (Å²) in [4.78, 5) is 50.3. The van der Waals surface area contributed by atoms with Crippen LogP contribution in [0.3, 0.4) is 0 Å². The lowest BCUT2D eigenvalue weighted by atomic mass is 10.0. The predicted molar refractivity (Wildman–Crippen MR) is 139 cm³/mol. The number of likely N-dealkylation sites (N-methyl/N-ethyl adjacent to an activating group) is 1. The van der Waals surface area contributed by atoms with E-state index in [2.05, 4.69) is 10.3 Å². The summed E-state index contributed by atoms with van der Waals surface area (Å²) in [6, 6.07) is 4.94.